The molecule has 0 amide bonds. The Kier molecular flexibility index (Phi) is 8.91. The zero-order valence-corrected chi connectivity index (χ0v) is 22.5. The Bertz CT molecular complexity index is 869. The van der Waals surface area contributed by atoms with Gasteiger partial charge in [0.05, 0.1) is 11.7 Å². The van der Waals surface area contributed by atoms with Gasteiger partial charge in [0.1, 0.15) is 6.61 Å². The number of ether oxygens (including phenoxy) is 1. The summed E-state index contributed by atoms with van der Waals surface area (Å²) in [7, 11) is -2.77. The summed E-state index contributed by atoms with van der Waals surface area (Å²) >= 11 is 0. The fraction of sp³-hybridized carbons (Fsp3) is 0.552. The molecule has 1 aliphatic rings. The summed E-state index contributed by atoms with van der Waals surface area (Å²) in [6.45, 7) is 11.4. The van der Waals surface area contributed by atoms with E-state index in [4.69, 9.17) is 9.16 Å². The van der Waals surface area contributed by atoms with Crippen LogP contribution in [0.1, 0.15) is 66.7 Å². The van der Waals surface area contributed by atoms with Crippen LogP contribution < -0.4 is 10.4 Å². The van der Waals surface area contributed by atoms with Crippen LogP contribution in [-0.4, -0.2) is 44.1 Å². The van der Waals surface area contributed by atoms with E-state index in [9.17, 15) is 9.90 Å². The summed E-state index contributed by atoms with van der Waals surface area (Å²) in [6.07, 6.45) is 3.59. The van der Waals surface area contributed by atoms with Crippen molar-refractivity contribution in [2.75, 3.05) is 13.2 Å². The number of hydrogen-bond donors (Lipinski definition) is 1. The fourth-order valence-corrected chi connectivity index (χ4v) is 10.0. The van der Waals surface area contributed by atoms with E-state index < -0.39 is 13.9 Å². The first kappa shape index (κ1) is 26.8. The van der Waals surface area contributed by atoms with Crippen molar-refractivity contribution in [1.29, 1.82) is 0 Å². The van der Waals surface area contributed by atoms with E-state index in [0.717, 1.165) is 19.3 Å². The van der Waals surface area contributed by atoms with Crippen LogP contribution in [0.15, 0.2) is 60.7 Å². The zero-order valence-electron chi connectivity index (χ0n) is 21.5. The molecule has 5 heteroatoms. The maximum atomic E-state index is 12.4. The number of aliphatic hydroxyl groups is 1. The highest BCUT2D eigenvalue weighted by Crippen LogP contribution is 2.41. The van der Waals surface area contributed by atoms with Gasteiger partial charge in [0, 0.05) is 13.0 Å². The minimum Gasteiger partial charge on any atom is -0.402 e. The summed E-state index contributed by atoms with van der Waals surface area (Å²) in [6, 6.07) is 21.3. The molecule has 3 rings (SSSR count). The standard InChI is InChI=1S/C29H42O4Si/c1-23(21-30)13-12-20-29(5)27(19-18-24(31)22-32-29)33-34(28(2,3)4,25-14-8-6-9-15-25)26-16-10-7-11-17-26/h6-11,14-17,23,27,30H,12-13,18-22H2,1-5H3/t23?,27-,29+/m1/s1. The van der Waals surface area contributed by atoms with Gasteiger partial charge < -0.3 is 14.3 Å². The van der Waals surface area contributed by atoms with Gasteiger partial charge in [-0.05, 0) is 47.5 Å². The van der Waals surface area contributed by atoms with E-state index in [1.54, 1.807) is 0 Å². The molecule has 0 bridgehead atoms. The summed E-state index contributed by atoms with van der Waals surface area (Å²) in [5, 5.41) is 11.8. The predicted octanol–water partition coefficient (Wildman–Crippen LogP) is 4.87. The monoisotopic (exact) mass is 482 g/mol. The number of rotatable bonds is 9. The summed E-state index contributed by atoms with van der Waals surface area (Å²) in [5.41, 5.74) is -0.561. The Morgan fingerprint density at radius 3 is 2.15 bits per heavy atom. The minimum absolute atomic E-state index is 0.141. The third-order valence-corrected chi connectivity index (χ3v) is 12.4. The largest absolute Gasteiger partial charge is 0.402 e. The van der Waals surface area contributed by atoms with Crippen LogP contribution in [0.2, 0.25) is 5.04 Å². The molecular formula is C29H42O4Si. The van der Waals surface area contributed by atoms with Crippen molar-refractivity contribution in [2.24, 2.45) is 5.92 Å². The highest BCUT2D eigenvalue weighted by atomic mass is 28.4. The summed E-state index contributed by atoms with van der Waals surface area (Å²) < 4.78 is 13.8. The maximum absolute atomic E-state index is 12.4. The first-order chi connectivity index (χ1) is 16.1. The van der Waals surface area contributed by atoms with E-state index in [0.29, 0.717) is 12.8 Å². The quantitative estimate of drug-likeness (QED) is 0.518. The molecule has 2 aromatic carbocycles. The Balaban J connectivity index is 2.07. The highest BCUT2D eigenvalue weighted by molar-refractivity contribution is 6.99. The molecule has 1 unspecified atom stereocenters. The zero-order chi connectivity index (χ0) is 24.8. The van der Waals surface area contributed by atoms with Crippen LogP contribution in [0.5, 0.6) is 0 Å². The van der Waals surface area contributed by atoms with Crippen molar-refractivity contribution in [3.63, 3.8) is 0 Å². The molecule has 1 heterocycles. The normalized spacial score (nSPS) is 22.9. The predicted molar refractivity (Wildman–Crippen MR) is 141 cm³/mol. The topological polar surface area (TPSA) is 55.8 Å². The molecule has 0 spiro atoms. The second-order valence-electron chi connectivity index (χ2n) is 11.1. The molecule has 186 valence electrons. The van der Waals surface area contributed by atoms with Gasteiger partial charge in [-0.2, -0.15) is 0 Å². The number of carbonyl (C=O) groups is 1. The molecule has 3 atom stereocenters. The fourth-order valence-electron chi connectivity index (χ4n) is 5.22. The van der Waals surface area contributed by atoms with E-state index in [-0.39, 0.29) is 36.1 Å². The van der Waals surface area contributed by atoms with Crippen molar-refractivity contribution < 1.29 is 19.1 Å². The lowest BCUT2D eigenvalue weighted by atomic mass is 9.88. The van der Waals surface area contributed by atoms with E-state index in [1.807, 2.05) is 0 Å². The van der Waals surface area contributed by atoms with Crippen LogP contribution in [0.3, 0.4) is 0 Å². The average Bonchev–Trinajstić information content (AvgIpc) is 2.96. The van der Waals surface area contributed by atoms with E-state index in [2.05, 4.69) is 95.3 Å². The average molecular weight is 483 g/mol. The van der Waals surface area contributed by atoms with Crippen LogP contribution in [0.25, 0.3) is 0 Å². The lowest BCUT2D eigenvalue weighted by Gasteiger charge is -2.48. The molecule has 4 nitrogen and oxygen atoms in total. The number of aliphatic hydroxyl groups excluding tert-OH is 1. The number of benzene rings is 2. The van der Waals surface area contributed by atoms with Crippen molar-refractivity contribution in [3.05, 3.63) is 60.7 Å². The van der Waals surface area contributed by atoms with Gasteiger partial charge in [-0.25, -0.2) is 0 Å². The maximum Gasteiger partial charge on any atom is 0.261 e. The lowest BCUT2D eigenvalue weighted by Crippen LogP contribution is -2.69. The second-order valence-corrected chi connectivity index (χ2v) is 15.4. The van der Waals surface area contributed by atoms with E-state index in [1.165, 1.54) is 10.4 Å². The minimum atomic E-state index is -2.77. The third-order valence-electron chi connectivity index (χ3n) is 7.35. The number of hydrogen-bond acceptors (Lipinski definition) is 4. The van der Waals surface area contributed by atoms with Crippen molar-refractivity contribution in [2.45, 2.75) is 83.5 Å². The molecule has 34 heavy (non-hydrogen) atoms. The van der Waals surface area contributed by atoms with Crippen LogP contribution in [-0.2, 0) is 14.0 Å². The number of carbonyl (C=O) groups excluding carboxylic acids is 1. The second kappa shape index (κ2) is 11.3. The van der Waals surface area contributed by atoms with Crippen LogP contribution in [0.4, 0.5) is 0 Å². The van der Waals surface area contributed by atoms with Gasteiger partial charge in [0.15, 0.2) is 5.78 Å². The highest BCUT2D eigenvalue weighted by Gasteiger charge is 2.54. The Morgan fingerprint density at radius 1 is 1.09 bits per heavy atom. The molecule has 0 aliphatic carbocycles. The molecule has 1 saturated heterocycles. The summed E-state index contributed by atoms with van der Waals surface area (Å²) in [4.78, 5) is 12.4. The third kappa shape index (κ3) is 5.88. The molecule has 0 saturated carbocycles. The van der Waals surface area contributed by atoms with Crippen molar-refractivity contribution >= 4 is 24.5 Å². The van der Waals surface area contributed by atoms with Gasteiger partial charge in [-0.1, -0.05) is 94.8 Å². The van der Waals surface area contributed by atoms with Gasteiger partial charge in [-0.3, -0.25) is 4.79 Å². The van der Waals surface area contributed by atoms with Crippen LogP contribution >= 0.6 is 0 Å². The molecule has 1 fully saturated rings. The molecule has 0 radical (unpaired) electrons. The van der Waals surface area contributed by atoms with Crippen molar-refractivity contribution in [1.82, 2.24) is 0 Å². The van der Waals surface area contributed by atoms with Gasteiger partial charge in [0.25, 0.3) is 8.32 Å². The SMILES string of the molecule is CC(CO)CCC[C@]1(C)OCC(=O)CC[C@H]1O[Si](c1ccccc1)(c1ccccc1)C(C)(C)C. The molecule has 0 aromatic heterocycles. The summed E-state index contributed by atoms with van der Waals surface area (Å²) in [5.74, 6) is 0.399. The van der Waals surface area contributed by atoms with Gasteiger partial charge in [0.2, 0.25) is 0 Å². The first-order valence-electron chi connectivity index (χ1n) is 12.7. The van der Waals surface area contributed by atoms with Crippen molar-refractivity contribution in [3.8, 4) is 0 Å². The van der Waals surface area contributed by atoms with Gasteiger partial charge >= 0.3 is 0 Å². The van der Waals surface area contributed by atoms with Gasteiger partial charge in [-0.15, -0.1) is 0 Å². The Hall–Kier alpha value is -1.79. The lowest BCUT2D eigenvalue weighted by molar-refractivity contribution is -0.133. The number of ketones is 1. The first-order valence-corrected chi connectivity index (χ1v) is 14.6. The molecule has 1 aliphatic heterocycles. The molecular weight excluding hydrogens is 440 g/mol. The molecule has 2 aromatic rings. The molecule has 1 N–H and O–H groups in total. The smallest absolute Gasteiger partial charge is 0.261 e. The van der Waals surface area contributed by atoms with Crippen LogP contribution in [0, 0.1) is 5.92 Å². The number of Topliss-reactive ketones (excluding diaryl/α,β-unsaturated/α-hetero) is 1. The Morgan fingerprint density at radius 2 is 1.65 bits per heavy atom. The Labute approximate surface area is 206 Å². The van der Waals surface area contributed by atoms with E-state index >= 15 is 0 Å².